The summed E-state index contributed by atoms with van der Waals surface area (Å²) in [5, 5.41) is 3.02. The highest BCUT2D eigenvalue weighted by atomic mass is 32.1. The Morgan fingerprint density at radius 1 is 1.36 bits per heavy atom. The van der Waals surface area contributed by atoms with E-state index in [1.165, 1.54) is 0 Å². The van der Waals surface area contributed by atoms with E-state index in [0.717, 1.165) is 19.3 Å². The summed E-state index contributed by atoms with van der Waals surface area (Å²) in [7, 11) is 0. The van der Waals surface area contributed by atoms with Gasteiger partial charge in [-0.1, -0.05) is 19.9 Å². The first kappa shape index (κ1) is 20.4. The predicted octanol–water partition coefficient (Wildman–Crippen LogP) is 2.81. The van der Waals surface area contributed by atoms with E-state index in [1.807, 2.05) is 15.9 Å². The average molecular weight is 405 g/mol. The molecule has 2 fully saturated rings. The maximum absolute atomic E-state index is 12.9. The number of benzene rings is 1. The lowest BCUT2D eigenvalue weighted by Gasteiger charge is -2.38. The van der Waals surface area contributed by atoms with Crippen LogP contribution in [0.25, 0.3) is 0 Å². The number of nitrogens with zero attached hydrogens (tertiary/aromatic N) is 2. The second-order valence-corrected chi connectivity index (χ2v) is 8.30. The normalized spacial score (nSPS) is 20.4. The van der Waals surface area contributed by atoms with Gasteiger partial charge in [0.15, 0.2) is 5.11 Å². The summed E-state index contributed by atoms with van der Waals surface area (Å²) in [6.45, 7) is 6.02. The van der Waals surface area contributed by atoms with Crippen LogP contribution in [0.2, 0.25) is 0 Å². The fraction of sp³-hybridized carbons (Fsp3) is 0.550. The van der Waals surface area contributed by atoms with Crippen LogP contribution in [-0.4, -0.2) is 58.7 Å². The Bertz CT molecular complexity index is 747. The largest absolute Gasteiger partial charge is 0.447 e. The highest BCUT2D eigenvalue weighted by Gasteiger charge is 2.40. The van der Waals surface area contributed by atoms with Crippen LogP contribution in [0.3, 0.4) is 0 Å². The quantitative estimate of drug-likeness (QED) is 0.734. The smallest absolute Gasteiger partial charge is 0.410 e. The van der Waals surface area contributed by atoms with E-state index in [1.54, 1.807) is 18.2 Å². The molecule has 2 amide bonds. The van der Waals surface area contributed by atoms with Crippen LogP contribution in [0.4, 0.5) is 10.5 Å². The number of anilines is 1. The number of nitrogens with one attached hydrogen (secondary N) is 1. The molecule has 2 aliphatic rings. The number of rotatable bonds is 5. The number of amides is 2. The Balaban J connectivity index is 1.61. The van der Waals surface area contributed by atoms with Gasteiger partial charge in [-0.05, 0) is 55.6 Å². The van der Waals surface area contributed by atoms with Gasteiger partial charge in [0.25, 0.3) is 5.91 Å². The Hall–Kier alpha value is -2.35. The maximum atomic E-state index is 12.9. The molecule has 2 saturated heterocycles. The van der Waals surface area contributed by atoms with Crippen LogP contribution < -0.4 is 11.1 Å². The van der Waals surface area contributed by atoms with E-state index >= 15 is 0 Å². The molecule has 0 aliphatic carbocycles. The number of cyclic esters (lactones) is 1. The molecule has 1 unspecified atom stereocenters. The fourth-order valence-corrected chi connectivity index (χ4v) is 4.16. The second kappa shape index (κ2) is 8.77. The van der Waals surface area contributed by atoms with Crippen molar-refractivity contribution in [2.45, 2.75) is 45.2 Å². The SMILES string of the molecule is CC(C)CC1COC(=O)N1C1CCN(C(=O)c2cccc(NC(N)=S)c2)CC1. The molecule has 2 aliphatic heterocycles. The van der Waals surface area contributed by atoms with Gasteiger partial charge in [-0.3, -0.25) is 9.69 Å². The summed E-state index contributed by atoms with van der Waals surface area (Å²) < 4.78 is 5.30. The molecule has 3 N–H and O–H groups in total. The van der Waals surface area contributed by atoms with Crippen LogP contribution in [0, 0.1) is 5.92 Å². The number of carbonyl (C=O) groups excluding carboxylic acids is 2. The van der Waals surface area contributed by atoms with Crippen LogP contribution in [-0.2, 0) is 4.74 Å². The molecule has 0 bridgehead atoms. The van der Waals surface area contributed by atoms with Gasteiger partial charge >= 0.3 is 6.09 Å². The highest BCUT2D eigenvalue weighted by Crippen LogP contribution is 2.27. The van der Waals surface area contributed by atoms with Crippen molar-refractivity contribution in [1.29, 1.82) is 0 Å². The minimum Gasteiger partial charge on any atom is -0.447 e. The Morgan fingerprint density at radius 3 is 2.71 bits per heavy atom. The minimum absolute atomic E-state index is 0.0206. The van der Waals surface area contributed by atoms with Gasteiger partial charge in [-0.25, -0.2) is 4.79 Å². The van der Waals surface area contributed by atoms with E-state index in [-0.39, 0.29) is 29.2 Å². The number of likely N-dealkylation sites (tertiary alicyclic amines) is 1. The van der Waals surface area contributed by atoms with E-state index in [2.05, 4.69) is 19.2 Å². The molecule has 0 aromatic heterocycles. The van der Waals surface area contributed by atoms with Gasteiger partial charge in [0.1, 0.15) is 6.61 Å². The van der Waals surface area contributed by atoms with Gasteiger partial charge in [0, 0.05) is 30.4 Å². The van der Waals surface area contributed by atoms with Crippen LogP contribution in [0.5, 0.6) is 0 Å². The molecule has 0 spiro atoms. The van der Waals surface area contributed by atoms with Crippen LogP contribution in [0.15, 0.2) is 24.3 Å². The lowest BCUT2D eigenvalue weighted by molar-refractivity contribution is 0.0630. The molecule has 1 atom stereocenters. The number of hydrogen-bond acceptors (Lipinski definition) is 4. The molecule has 3 rings (SSSR count). The third kappa shape index (κ3) is 4.73. The van der Waals surface area contributed by atoms with E-state index in [0.29, 0.717) is 36.9 Å². The first-order valence-corrected chi connectivity index (χ1v) is 10.2. The summed E-state index contributed by atoms with van der Waals surface area (Å²) in [6, 6.07) is 7.43. The molecular formula is C20H28N4O3S. The van der Waals surface area contributed by atoms with Crippen molar-refractivity contribution in [2.24, 2.45) is 11.7 Å². The number of hydrogen-bond donors (Lipinski definition) is 2. The number of ether oxygens (including phenoxy) is 1. The monoisotopic (exact) mass is 404 g/mol. The molecule has 2 heterocycles. The van der Waals surface area contributed by atoms with Gasteiger partial charge in [-0.15, -0.1) is 0 Å². The summed E-state index contributed by atoms with van der Waals surface area (Å²) in [4.78, 5) is 28.8. The summed E-state index contributed by atoms with van der Waals surface area (Å²) in [5.41, 5.74) is 6.80. The number of thiocarbonyl (C=S) groups is 1. The standard InChI is InChI=1S/C20H28N4O3S/c1-13(2)10-17-12-27-20(26)24(17)16-6-8-23(9-7-16)18(25)14-4-3-5-15(11-14)22-19(21)28/h3-5,11,13,16-17H,6-10,12H2,1-2H3,(H3,21,22,28). The third-order valence-corrected chi connectivity index (χ3v) is 5.37. The van der Waals surface area contributed by atoms with Crippen LogP contribution >= 0.6 is 12.2 Å². The zero-order chi connectivity index (χ0) is 20.3. The lowest BCUT2D eigenvalue weighted by atomic mass is 9.97. The highest BCUT2D eigenvalue weighted by molar-refractivity contribution is 7.80. The molecular weight excluding hydrogens is 376 g/mol. The number of nitrogens with two attached hydrogens (primary N) is 1. The van der Waals surface area contributed by atoms with Gasteiger partial charge in [0.2, 0.25) is 0 Å². The van der Waals surface area contributed by atoms with E-state index in [4.69, 9.17) is 22.7 Å². The zero-order valence-corrected chi connectivity index (χ0v) is 17.2. The van der Waals surface area contributed by atoms with E-state index < -0.39 is 0 Å². The van der Waals surface area contributed by atoms with Crippen molar-refractivity contribution >= 4 is 35.0 Å². The van der Waals surface area contributed by atoms with E-state index in [9.17, 15) is 9.59 Å². The topological polar surface area (TPSA) is 87.9 Å². The summed E-state index contributed by atoms with van der Waals surface area (Å²) >= 11 is 4.85. The molecule has 0 radical (unpaired) electrons. The van der Waals surface area contributed by atoms with Crippen molar-refractivity contribution in [2.75, 3.05) is 25.0 Å². The first-order valence-electron chi connectivity index (χ1n) is 9.76. The third-order valence-electron chi connectivity index (χ3n) is 5.27. The van der Waals surface area contributed by atoms with Crippen molar-refractivity contribution < 1.29 is 14.3 Å². The number of piperidine rings is 1. The van der Waals surface area contributed by atoms with Gasteiger partial charge in [0.05, 0.1) is 6.04 Å². The lowest BCUT2D eigenvalue weighted by Crippen LogP contribution is -2.50. The minimum atomic E-state index is -0.216. The zero-order valence-electron chi connectivity index (χ0n) is 16.4. The maximum Gasteiger partial charge on any atom is 0.410 e. The first-order chi connectivity index (χ1) is 13.3. The Labute approximate surface area is 171 Å². The van der Waals surface area contributed by atoms with Crippen LogP contribution in [0.1, 0.15) is 43.5 Å². The molecule has 8 heteroatoms. The van der Waals surface area contributed by atoms with Gasteiger partial charge < -0.3 is 20.7 Å². The summed E-state index contributed by atoms with van der Waals surface area (Å²) in [6.07, 6.45) is 2.25. The molecule has 0 saturated carbocycles. The Morgan fingerprint density at radius 2 is 2.07 bits per heavy atom. The van der Waals surface area contributed by atoms with Crippen molar-refractivity contribution in [3.8, 4) is 0 Å². The molecule has 1 aromatic rings. The predicted molar refractivity (Wildman–Crippen MR) is 112 cm³/mol. The average Bonchev–Trinajstić information content (AvgIpc) is 3.00. The van der Waals surface area contributed by atoms with Crippen molar-refractivity contribution in [3.63, 3.8) is 0 Å². The molecule has 28 heavy (non-hydrogen) atoms. The van der Waals surface area contributed by atoms with Crippen molar-refractivity contribution in [1.82, 2.24) is 9.80 Å². The van der Waals surface area contributed by atoms with Gasteiger partial charge in [-0.2, -0.15) is 0 Å². The fourth-order valence-electron chi connectivity index (χ4n) is 4.05. The summed E-state index contributed by atoms with van der Waals surface area (Å²) in [5.74, 6) is 0.485. The molecule has 152 valence electrons. The molecule has 7 nitrogen and oxygen atoms in total. The second-order valence-electron chi connectivity index (χ2n) is 7.86. The molecule has 1 aromatic carbocycles. The van der Waals surface area contributed by atoms with Crippen molar-refractivity contribution in [3.05, 3.63) is 29.8 Å². The Kier molecular flexibility index (Phi) is 6.39. The number of carbonyl (C=O) groups is 2.